The lowest BCUT2D eigenvalue weighted by Gasteiger charge is -2.08. The van der Waals surface area contributed by atoms with Crippen LogP contribution in [0, 0.1) is 0 Å². The second kappa shape index (κ2) is 8.95. The maximum atomic E-state index is 12.4. The Kier molecular flexibility index (Phi) is 6.08. The normalized spacial score (nSPS) is 11.5. The van der Waals surface area contributed by atoms with E-state index >= 15 is 0 Å². The molecule has 3 aromatic heterocycles. The monoisotopic (exact) mass is 473 g/mol. The van der Waals surface area contributed by atoms with Crippen molar-refractivity contribution in [3.05, 3.63) is 99.5 Å². The Hall–Kier alpha value is -3.47. The highest BCUT2D eigenvalue weighted by atomic mass is 35.5. The molecule has 0 atom stereocenters. The van der Waals surface area contributed by atoms with Crippen LogP contribution in [0.2, 0.25) is 5.02 Å². The first-order valence-corrected chi connectivity index (χ1v) is 11.1. The molecule has 1 N–H and O–H groups in total. The van der Waals surface area contributed by atoms with Crippen molar-refractivity contribution < 1.29 is 22.4 Å². The fourth-order valence-corrected chi connectivity index (χ4v) is 4.01. The van der Waals surface area contributed by atoms with Crippen molar-refractivity contribution in [3.8, 4) is 0 Å². The standard InChI is InChI=1S/C21H16ClN3O6S/c22-15-5-8-19-24-16(10-20(26)25(19)12-15)13-31-21(27)14-3-6-18(7-4-14)32(28,29)23-11-17-2-1-9-30-17/h1-10,12,23H,11,13H2. The molecule has 0 saturated heterocycles. The van der Waals surface area contributed by atoms with E-state index in [4.69, 9.17) is 20.8 Å². The Morgan fingerprint density at radius 2 is 1.94 bits per heavy atom. The number of esters is 1. The van der Waals surface area contributed by atoms with E-state index in [0.717, 1.165) is 0 Å². The molecule has 0 radical (unpaired) electrons. The largest absolute Gasteiger partial charge is 0.468 e. The van der Waals surface area contributed by atoms with Gasteiger partial charge in [-0.2, -0.15) is 0 Å². The topological polar surface area (TPSA) is 120 Å². The summed E-state index contributed by atoms with van der Waals surface area (Å²) in [5.74, 6) is -0.214. The Labute approximate surface area is 187 Å². The first-order chi connectivity index (χ1) is 15.3. The van der Waals surface area contributed by atoms with Gasteiger partial charge < -0.3 is 9.15 Å². The third-order valence-corrected chi connectivity index (χ3v) is 6.09. The van der Waals surface area contributed by atoms with E-state index in [1.165, 1.54) is 47.2 Å². The molecule has 0 spiro atoms. The van der Waals surface area contributed by atoms with Gasteiger partial charge in [0.2, 0.25) is 10.0 Å². The zero-order chi connectivity index (χ0) is 22.7. The summed E-state index contributed by atoms with van der Waals surface area (Å²) in [6, 6.07) is 13.0. The fraction of sp³-hybridized carbons (Fsp3) is 0.0952. The molecule has 32 heavy (non-hydrogen) atoms. The summed E-state index contributed by atoms with van der Waals surface area (Å²) in [5.41, 5.74) is 0.427. The summed E-state index contributed by atoms with van der Waals surface area (Å²) in [6.45, 7) is -0.220. The number of rotatable bonds is 7. The van der Waals surface area contributed by atoms with Gasteiger partial charge in [-0.1, -0.05) is 11.6 Å². The molecule has 9 nitrogen and oxygen atoms in total. The number of nitrogens with one attached hydrogen (secondary N) is 1. The number of halogens is 1. The molecule has 3 heterocycles. The van der Waals surface area contributed by atoms with Gasteiger partial charge in [-0.3, -0.25) is 9.20 Å². The number of fused-ring (bicyclic) bond motifs is 1. The van der Waals surface area contributed by atoms with Crippen LogP contribution < -0.4 is 10.3 Å². The number of aromatic nitrogens is 2. The summed E-state index contributed by atoms with van der Waals surface area (Å²) >= 11 is 5.88. The van der Waals surface area contributed by atoms with Gasteiger partial charge in [-0.05, 0) is 48.5 Å². The number of ether oxygens (including phenoxy) is 1. The van der Waals surface area contributed by atoms with Gasteiger partial charge in [-0.15, -0.1) is 0 Å². The van der Waals surface area contributed by atoms with Crippen molar-refractivity contribution in [1.29, 1.82) is 0 Å². The number of sulfonamides is 1. The van der Waals surface area contributed by atoms with Crippen LogP contribution in [0.5, 0.6) is 0 Å². The molecule has 4 aromatic rings. The van der Waals surface area contributed by atoms with Crippen molar-refractivity contribution in [2.45, 2.75) is 18.0 Å². The smallest absolute Gasteiger partial charge is 0.338 e. The molecule has 4 rings (SSSR count). The van der Waals surface area contributed by atoms with Crippen molar-refractivity contribution >= 4 is 33.2 Å². The zero-order valence-electron chi connectivity index (χ0n) is 16.4. The van der Waals surface area contributed by atoms with Crippen LogP contribution in [-0.2, 0) is 27.9 Å². The molecule has 0 amide bonds. The minimum absolute atomic E-state index is 0.00405. The molecule has 11 heteroatoms. The van der Waals surface area contributed by atoms with E-state index in [9.17, 15) is 18.0 Å². The highest BCUT2D eigenvalue weighted by Crippen LogP contribution is 2.14. The minimum atomic E-state index is -3.78. The van der Waals surface area contributed by atoms with Gasteiger partial charge in [0.25, 0.3) is 5.56 Å². The van der Waals surface area contributed by atoms with Crippen LogP contribution in [0.15, 0.2) is 81.2 Å². The Morgan fingerprint density at radius 3 is 2.66 bits per heavy atom. The maximum Gasteiger partial charge on any atom is 0.338 e. The zero-order valence-corrected chi connectivity index (χ0v) is 18.0. The SMILES string of the molecule is O=C(OCc1cc(=O)n2cc(Cl)ccc2n1)c1ccc(S(=O)(=O)NCc2ccco2)cc1. The second-order valence-electron chi connectivity index (χ2n) is 6.67. The van der Waals surface area contributed by atoms with E-state index in [2.05, 4.69) is 9.71 Å². The van der Waals surface area contributed by atoms with Gasteiger partial charge in [-0.25, -0.2) is 22.9 Å². The Balaban J connectivity index is 1.41. The Morgan fingerprint density at radius 1 is 1.16 bits per heavy atom. The number of hydrogen-bond donors (Lipinski definition) is 1. The van der Waals surface area contributed by atoms with Crippen molar-refractivity contribution in [2.75, 3.05) is 0 Å². The van der Waals surface area contributed by atoms with Gasteiger partial charge in [0, 0.05) is 12.3 Å². The number of nitrogens with zero attached hydrogens (tertiary/aromatic N) is 2. The lowest BCUT2D eigenvalue weighted by molar-refractivity contribution is 0.0467. The minimum Gasteiger partial charge on any atom is -0.468 e. The molecule has 0 aliphatic rings. The fourth-order valence-electron chi connectivity index (χ4n) is 2.86. The number of furan rings is 1. The first kappa shape index (κ1) is 21.8. The van der Waals surface area contributed by atoms with Crippen LogP contribution in [0.1, 0.15) is 21.8 Å². The number of hydrogen-bond acceptors (Lipinski definition) is 7. The quantitative estimate of drug-likeness (QED) is 0.410. The average molecular weight is 474 g/mol. The highest BCUT2D eigenvalue weighted by Gasteiger charge is 2.16. The van der Waals surface area contributed by atoms with Gasteiger partial charge in [0.15, 0.2) is 0 Å². The molecule has 0 fully saturated rings. The van der Waals surface area contributed by atoms with E-state index in [0.29, 0.717) is 16.4 Å². The molecule has 0 unspecified atom stereocenters. The van der Waals surface area contributed by atoms with Crippen LogP contribution in [0.3, 0.4) is 0 Å². The van der Waals surface area contributed by atoms with Crippen LogP contribution in [0.4, 0.5) is 0 Å². The van der Waals surface area contributed by atoms with Crippen molar-refractivity contribution in [1.82, 2.24) is 14.1 Å². The van der Waals surface area contributed by atoms with Crippen molar-refractivity contribution in [2.24, 2.45) is 0 Å². The molecule has 0 aliphatic carbocycles. The molecule has 0 bridgehead atoms. The first-order valence-electron chi connectivity index (χ1n) is 9.29. The summed E-state index contributed by atoms with van der Waals surface area (Å²) in [5, 5.41) is 0.391. The lowest BCUT2D eigenvalue weighted by Crippen LogP contribution is -2.23. The summed E-state index contributed by atoms with van der Waals surface area (Å²) in [6.07, 6.45) is 2.89. The molecule has 1 aromatic carbocycles. The van der Waals surface area contributed by atoms with E-state index < -0.39 is 16.0 Å². The van der Waals surface area contributed by atoms with E-state index in [1.54, 1.807) is 24.3 Å². The maximum absolute atomic E-state index is 12.4. The van der Waals surface area contributed by atoms with E-state index in [1.807, 2.05) is 0 Å². The van der Waals surface area contributed by atoms with Crippen LogP contribution >= 0.6 is 11.6 Å². The molecular weight excluding hydrogens is 458 g/mol. The van der Waals surface area contributed by atoms with Gasteiger partial charge >= 0.3 is 5.97 Å². The van der Waals surface area contributed by atoms with Crippen molar-refractivity contribution in [3.63, 3.8) is 0 Å². The third kappa shape index (κ3) is 4.88. The lowest BCUT2D eigenvalue weighted by atomic mass is 10.2. The third-order valence-electron chi connectivity index (χ3n) is 4.44. The predicted molar refractivity (Wildman–Crippen MR) is 115 cm³/mol. The summed E-state index contributed by atoms with van der Waals surface area (Å²) in [7, 11) is -3.78. The number of carbonyl (C=O) groups excluding carboxylic acids is 1. The number of pyridine rings is 1. The predicted octanol–water partition coefficient (Wildman–Crippen LogP) is 2.78. The number of benzene rings is 1. The second-order valence-corrected chi connectivity index (χ2v) is 8.87. The average Bonchev–Trinajstić information content (AvgIpc) is 3.31. The van der Waals surface area contributed by atoms with Crippen LogP contribution in [-0.4, -0.2) is 23.8 Å². The Bertz CT molecular complexity index is 1430. The number of carbonyl (C=O) groups is 1. The van der Waals surface area contributed by atoms with Gasteiger partial charge in [0.1, 0.15) is 18.0 Å². The highest BCUT2D eigenvalue weighted by molar-refractivity contribution is 7.89. The molecule has 164 valence electrons. The summed E-state index contributed by atoms with van der Waals surface area (Å²) < 4.78 is 38.7. The van der Waals surface area contributed by atoms with E-state index in [-0.39, 0.29) is 34.9 Å². The molecule has 0 aliphatic heterocycles. The summed E-state index contributed by atoms with van der Waals surface area (Å²) in [4.78, 5) is 28.8. The molecule has 0 saturated carbocycles. The van der Waals surface area contributed by atoms with Crippen LogP contribution in [0.25, 0.3) is 5.65 Å². The van der Waals surface area contributed by atoms with Gasteiger partial charge in [0.05, 0.1) is 34.0 Å². The molecular formula is C21H16ClN3O6S.